The van der Waals surface area contributed by atoms with Gasteiger partial charge in [0.25, 0.3) is 5.91 Å². The molecule has 1 aromatic heterocycles. The molecule has 0 unspecified atom stereocenters. The molecule has 0 fully saturated rings. The van der Waals surface area contributed by atoms with Crippen LogP contribution in [-0.4, -0.2) is 17.4 Å². The molecule has 7 N–H and O–H groups in total. The molecule has 0 aliphatic rings. The number of nitrogens with zero attached hydrogens (tertiary/aromatic N) is 1. The first-order valence-corrected chi connectivity index (χ1v) is 7.39. The maximum Gasteiger partial charge on any atom is 0.269 e. The fourth-order valence-electron chi connectivity index (χ4n) is 2.18. The van der Waals surface area contributed by atoms with Crippen molar-refractivity contribution in [2.45, 2.75) is 13.3 Å². The molecule has 23 heavy (non-hydrogen) atoms. The van der Waals surface area contributed by atoms with E-state index in [1.54, 1.807) is 18.5 Å². The van der Waals surface area contributed by atoms with Crippen LogP contribution in [0.2, 0.25) is 0 Å². The Balaban J connectivity index is 2.42. The molecular formula is C17H21N5O. The summed E-state index contributed by atoms with van der Waals surface area (Å²) in [6.07, 6.45) is 4.22. The van der Waals surface area contributed by atoms with E-state index >= 15 is 0 Å². The van der Waals surface area contributed by atoms with Gasteiger partial charge in [-0.25, -0.2) is 0 Å². The van der Waals surface area contributed by atoms with Crippen LogP contribution >= 0.6 is 0 Å². The van der Waals surface area contributed by atoms with Crippen molar-refractivity contribution in [3.63, 3.8) is 0 Å². The van der Waals surface area contributed by atoms with Gasteiger partial charge in [0.15, 0.2) is 0 Å². The topological polar surface area (TPSA) is 120 Å². The number of nitrogens with one attached hydrogen (secondary N) is 1. The van der Waals surface area contributed by atoms with Crippen LogP contribution < -0.4 is 22.5 Å². The molecule has 2 rings (SSSR count). The number of carbonyl (C=O) groups is 1. The fraction of sp³-hybridized carbons (Fsp3) is 0.176. The van der Waals surface area contributed by atoms with E-state index < -0.39 is 5.91 Å². The minimum Gasteiger partial charge on any atom is -0.398 e. The van der Waals surface area contributed by atoms with Crippen molar-refractivity contribution in [2.75, 3.05) is 12.3 Å². The molecule has 120 valence electrons. The van der Waals surface area contributed by atoms with Gasteiger partial charge in [0.05, 0.1) is 5.70 Å². The Morgan fingerprint density at radius 3 is 2.65 bits per heavy atom. The van der Waals surface area contributed by atoms with Crippen LogP contribution in [0, 0.1) is 0 Å². The molecule has 0 bridgehead atoms. The summed E-state index contributed by atoms with van der Waals surface area (Å²) in [6.45, 7) is 2.50. The zero-order chi connectivity index (χ0) is 16.8. The summed E-state index contributed by atoms with van der Waals surface area (Å²) in [5.74, 6) is -0.393. The van der Waals surface area contributed by atoms with E-state index in [9.17, 15) is 4.79 Å². The molecule has 0 saturated heterocycles. The molecule has 6 nitrogen and oxygen atoms in total. The average molecular weight is 311 g/mol. The van der Waals surface area contributed by atoms with Gasteiger partial charge in [-0.05, 0) is 12.5 Å². The van der Waals surface area contributed by atoms with Crippen LogP contribution in [0.3, 0.4) is 0 Å². The van der Waals surface area contributed by atoms with Gasteiger partial charge in [0, 0.05) is 41.3 Å². The number of para-hydroxylation sites is 1. The maximum atomic E-state index is 12.0. The first-order chi connectivity index (χ1) is 11.1. The smallest absolute Gasteiger partial charge is 0.269 e. The molecule has 0 aliphatic heterocycles. The second kappa shape index (κ2) is 7.31. The lowest BCUT2D eigenvalue weighted by Gasteiger charge is -2.13. The minimum absolute atomic E-state index is 0.0338. The summed E-state index contributed by atoms with van der Waals surface area (Å²) < 4.78 is 0. The van der Waals surface area contributed by atoms with E-state index in [1.165, 1.54) is 0 Å². The van der Waals surface area contributed by atoms with Gasteiger partial charge < -0.3 is 22.5 Å². The second-order valence-electron chi connectivity index (χ2n) is 5.09. The first kappa shape index (κ1) is 16.4. The van der Waals surface area contributed by atoms with Gasteiger partial charge in [-0.3, -0.25) is 9.78 Å². The van der Waals surface area contributed by atoms with Crippen molar-refractivity contribution in [3.05, 3.63) is 54.0 Å². The second-order valence-corrected chi connectivity index (χ2v) is 5.09. The number of pyridine rings is 1. The Labute approximate surface area is 135 Å². The predicted molar refractivity (Wildman–Crippen MR) is 92.7 cm³/mol. The van der Waals surface area contributed by atoms with Crippen molar-refractivity contribution in [2.24, 2.45) is 11.5 Å². The van der Waals surface area contributed by atoms with E-state index in [0.717, 1.165) is 17.5 Å². The molecular weight excluding hydrogens is 290 g/mol. The fourth-order valence-corrected chi connectivity index (χ4v) is 2.18. The number of nitrogen functional groups attached to an aromatic ring is 1. The van der Waals surface area contributed by atoms with Crippen molar-refractivity contribution in [3.8, 4) is 11.1 Å². The van der Waals surface area contributed by atoms with E-state index in [1.807, 2.05) is 31.2 Å². The number of rotatable bonds is 5. The highest BCUT2D eigenvalue weighted by molar-refractivity contribution is 6.01. The molecule has 0 atom stereocenters. The molecule has 0 radical (unpaired) electrons. The number of carbonyl (C=O) groups excluding carboxylic acids is 1. The molecule has 1 aromatic carbocycles. The van der Waals surface area contributed by atoms with Crippen LogP contribution in [0.25, 0.3) is 16.8 Å². The van der Waals surface area contributed by atoms with E-state index in [4.69, 9.17) is 17.2 Å². The number of hydrogen-bond acceptors (Lipinski definition) is 5. The van der Waals surface area contributed by atoms with Crippen LogP contribution in [-0.2, 0) is 4.79 Å². The van der Waals surface area contributed by atoms with Gasteiger partial charge in [-0.1, -0.05) is 31.2 Å². The quantitative estimate of drug-likeness (QED) is 0.492. The van der Waals surface area contributed by atoms with E-state index in [0.29, 0.717) is 17.8 Å². The lowest BCUT2D eigenvalue weighted by atomic mass is 9.99. The summed E-state index contributed by atoms with van der Waals surface area (Å²) in [5, 5.41) is 2.70. The molecule has 0 saturated carbocycles. The zero-order valence-electron chi connectivity index (χ0n) is 13.0. The zero-order valence-corrected chi connectivity index (χ0v) is 13.0. The van der Waals surface area contributed by atoms with Crippen molar-refractivity contribution < 1.29 is 4.79 Å². The third kappa shape index (κ3) is 3.60. The number of nitrogens with two attached hydrogens (primary N) is 3. The third-order valence-corrected chi connectivity index (χ3v) is 3.44. The van der Waals surface area contributed by atoms with Gasteiger partial charge in [-0.15, -0.1) is 0 Å². The van der Waals surface area contributed by atoms with Crippen LogP contribution in [0.1, 0.15) is 18.9 Å². The largest absolute Gasteiger partial charge is 0.398 e. The van der Waals surface area contributed by atoms with Gasteiger partial charge >= 0.3 is 0 Å². The Hall–Kier alpha value is -3.02. The summed E-state index contributed by atoms with van der Waals surface area (Å²) in [7, 11) is 0. The summed E-state index contributed by atoms with van der Waals surface area (Å²) in [4.78, 5) is 16.0. The molecule has 0 aliphatic carbocycles. The molecule has 6 heteroatoms. The number of amides is 1. The Morgan fingerprint density at radius 2 is 2.00 bits per heavy atom. The van der Waals surface area contributed by atoms with Gasteiger partial charge in [-0.2, -0.15) is 0 Å². The lowest BCUT2D eigenvalue weighted by molar-refractivity contribution is -0.117. The Morgan fingerprint density at radius 1 is 1.22 bits per heavy atom. The lowest BCUT2D eigenvalue weighted by Crippen LogP contribution is -2.31. The Bertz CT molecular complexity index is 725. The van der Waals surface area contributed by atoms with E-state index in [-0.39, 0.29) is 11.4 Å². The summed E-state index contributed by atoms with van der Waals surface area (Å²) >= 11 is 0. The SMILES string of the molecule is CCCNC(=O)/C(N)=C(\N)c1cccc(-c2cccnc2)c1N. The first-order valence-electron chi connectivity index (χ1n) is 7.39. The number of hydrogen-bond donors (Lipinski definition) is 4. The average Bonchev–Trinajstić information content (AvgIpc) is 2.59. The van der Waals surface area contributed by atoms with Crippen LogP contribution in [0.15, 0.2) is 48.4 Å². The Kier molecular flexibility index (Phi) is 5.19. The number of anilines is 1. The van der Waals surface area contributed by atoms with Gasteiger partial charge in [0.2, 0.25) is 0 Å². The normalized spacial score (nSPS) is 11.7. The number of benzene rings is 1. The highest BCUT2D eigenvalue weighted by Gasteiger charge is 2.15. The van der Waals surface area contributed by atoms with Crippen molar-refractivity contribution in [1.82, 2.24) is 10.3 Å². The third-order valence-electron chi connectivity index (χ3n) is 3.44. The summed E-state index contributed by atoms with van der Waals surface area (Å²) in [6, 6.07) is 9.16. The number of aromatic nitrogens is 1. The summed E-state index contributed by atoms with van der Waals surface area (Å²) in [5.41, 5.74) is 20.9. The van der Waals surface area contributed by atoms with Gasteiger partial charge in [0.1, 0.15) is 5.70 Å². The van der Waals surface area contributed by atoms with Crippen molar-refractivity contribution in [1.29, 1.82) is 0 Å². The molecule has 0 spiro atoms. The molecule has 1 amide bonds. The van der Waals surface area contributed by atoms with Crippen molar-refractivity contribution >= 4 is 17.3 Å². The monoisotopic (exact) mass is 311 g/mol. The predicted octanol–water partition coefficient (Wildman–Crippen LogP) is 1.44. The highest BCUT2D eigenvalue weighted by Crippen LogP contribution is 2.30. The van der Waals surface area contributed by atoms with Crippen LogP contribution in [0.5, 0.6) is 0 Å². The van der Waals surface area contributed by atoms with E-state index in [2.05, 4.69) is 10.3 Å². The molecule has 1 heterocycles. The standard InChI is InChI=1S/C17H21N5O/c1-2-8-22-17(23)16(20)15(19)13-7-3-6-12(14(13)18)11-5-4-9-21-10-11/h3-7,9-10H,2,8,18-20H2,1H3,(H,22,23)/b16-15+. The maximum absolute atomic E-state index is 12.0. The minimum atomic E-state index is -0.393. The molecule has 2 aromatic rings. The van der Waals surface area contributed by atoms with Crippen LogP contribution in [0.4, 0.5) is 5.69 Å². The highest BCUT2D eigenvalue weighted by atomic mass is 16.2.